The van der Waals surface area contributed by atoms with E-state index < -0.39 is 12.0 Å². The van der Waals surface area contributed by atoms with E-state index in [1.54, 1.807) is 13.0 Å². The summed E-state index contributed by atoms with van der Waals surface area (Å²) in [6.07, 6.45) is 0.172. The predicted octanol–water partition coefficient (Wildman–Crippen LogP) is 2.05. The molecule has 1 aromatic rings. The van der Waals surface area contributed by atoms with Gasteiger partial charge in [-0.15, -0.1) is 0 Å². The van der Waals surface area contributed by atoms with Crippen LogP contribution in [0, 0.1) is 5.92 Å². The number of furan rings is 1. The maximum atomic E-state index is 11.9. The molecule has 0 spiro atoms. The van der Waals surface area contributed by atoms with Gasteiger partial charge in [0.25, 0.3) is 5.91 Å². The molecule has 0 aliphatic rings. The molecule has 25 heavy (non-hydrogen) atoms. The SMILES string of the molecule is CCOC(=O)NC(CNC(=O)CNC(=O)c1ccc(Br)o1)CC(C)C. The molecule has 3 amide bonds. The molecular formula is C16H24BrN3O5. The Morgan fingerprint density at radius 3 is 2.52 bits per heavy atom. The number of amides is 3. The van der Waals surface area contributed by atoms with Gasteiger partial charge in [0.2, 0.25) is 5.91 Å². The lowest BCUT2D eigenvalue weighted by Gasteiger charge is -2.20. The van der Waals surface area contributed by atoms with Crippen molar-refractivity contribution >= 4 is 33.8 Å². The highest BCUT2D eigenvalue weighted by Crippen LogP contribution is 2.13. The molecule has 0 radical (unpaired) electrons. The molecule has 8 nitrogen and oxygen atoms in total. The molecule has 9 heteroatoms. The highest BCUT2D eigenvalue weighted by Gasteiger charge is 2.16. The summed E-state index contributed by atoms with van der Waals surface area (Å²) in [4.78, 5) is 35.2. The Labute approximate surface area is 155 Å². The van der Waals surface area contributed by atoms with Crippen molar-refractivity contribution in [2.45, 2.75) is 33.2 Å². The monoisotopic (exact) mass is 417 g/mol. The zero-order valence-corrected chi connectivity index (χ0v) is 16.1. The van der Waals surface area contributed by atoms with Crippen LogP contribution in [0.1, 0.15) is 37.7 Å². The van der Waals surface area contributed by atoms with Crippen molar-refractivity contribution in [3.63, 3.8) is 0 Å². The lowest BCUT2D eigenvalue weighted by molar-refractivity contribution is -0.120. The van der Waals surface area contributed by atoms with Crippen LogP contribution in [0.3, 0.4) is 0 Å². The Balaban J connectivity index is 2.39. The second kappa shape index (κ2) is 10.8. The molecule has 0 saturated heterocycles. The van der Waals surface area contributed by atoms with E-state index >= 15 is 0 Å². The van der Waals surface area contributed by atoms with E-state index in [4.69, 9.17) is 9.15 Å². The minimum atomic E-state index is -0.515. The Morgan fingerprint density at radius 2 is 1.96 bits per heavy atom. The van der Waals surface area contributed by atoms with Crippen molar-refractivity contribution in [2.75, 3.05) is 19.7 Å². The number of nitrogens with one attached hydrogen (secondary N) is 3. The third-order valence-electron chi connectivity index (χ3n) is 3.11. The topological polar surface area (TPSA) is 110 Å². The lowest BCUT2D eigenvalue weighted by Crippen LogP contribution is -2.46. The summed E-state index contributed by atoms with van der Waals surface area (Å²) in [5.41, 5.74) is 0. The van der Waals surface area contributed by atoms with E-state index in [2.05, 4.69) is 31.9 Å². The minimum absolute atomic E-state index is 0.112. The molecule has 0 fully saturated rings. The van der Waals surface area contributed by atoms with Crippen LogP contribution in [-0.4, -0.2) is 43.6 Å². The van der Waals surface area contributed by atoms with Gasteiger partial charge in [0.15, 0.2) is 10.4 Å². The van der Waals surface area contributed by atoms with Gasteiger partial charge in [-0.2, -0.15) is 0 Å². The van der Waals surface area contributed by atoms with Gasteiger partial charge in [-0.05, 0) is 47.3 Å². The first-order valence-corrected chi connectivity index (χ1v) is 8.84. The predicted molar refractivity (Wildman–Crippen MR) is 95.2 cm³/mol. The fraction of sp³-hybridized carbons (Fsp3) is 0.562. The molecule has 0 aliphatic carbocycles. The zero-order chi connectivity index (χ0) is 18.8. The number of rotatable bonds is 9. The quantitative estimate of drug-likeness (QED) is 0.569. The molecule has 0 aromatic carbocycles. The van der Waals surface area contributed by atoms with Gasteiger partial charge in [0, 0.05) is 12.6 Å². The Bertz CT molecular complexity index is 588. The second-order valence-corrected chi connectivity index (χ2v) is 6.56. The van der Waals surface area contributed by atoms with Gasteiger partial charge < -0.3 is 25.1 Å². The first-order chi connectivity index (χ1) is 11.8. The molecule has 3 N–H and O–H groups in total. The van der Waals surface area contributed by atoms with Gasteiger partial charge in [-0.1, -0.05) is 13.8 Å². The van der Waals surface area contributed by atoms with Crippen molar-refractivity contribution in [1.82, 2.24) is 16.0 Å². The van der Waals surface area contributed by atoms with Crippen molar-refractivity contribution in [1.29, 1.82) is 0 Å². The van der Waals surface area contributed by atoms with E-state index in [1.165, 1.54) is 6.07 Å². The first-order valence-electron chi connectivity index (χ1n) is 8.05. The standard InChI is InChI=1S/C16H24BrN3O5/c1-4-24-16(23)20-11(7-10(2)3)8-18-14(21)9-19-15(22)12-5-6-13(17)25-12/h5-6,10-11H,4,7-9H2,1-3H3,(H,18,21)(H,19,22)(H,20,23). The van der Waals surface area contributed by atoms with E-state index in [9.17, 15) is 14.4 Å². The Kier molecular flexibility index (Phi) is 9.04. The van der Waals surface area contributed by atoms with Gasteiger partial charge in [0.1, 0.15) is 0 Å². The maximum absolute atomic E-state index is 11.9. The number of alkyl carbamates (subject to hydrolysis) is 1. The van der Waals surface area contributed by atoms with Gasteiger partial charge in [0.05, 0.1) is 13.2 Å². The van der Waals surface area contributed by atoms with Crippen LogP contribution < -0.4 is 16.0 Å². The van der Waals surface area contributed by atoms with Crippen LogP contribution in [0.4, 0.5) is 4.79 Å². The number of hydrogen-bond donors (Lipinski definition) is 3. The van der Waals surface area contributed by atoms with Crippen LogP contribution >= 0.6 is 15.9 Å². The van der Waals surface area contributed by atoms with Crippen LogP contribution in [0.2, 0.25) is 0 Å². The second-order valence-electron chi connectivity index (χ2n) is 5.78. The van der Waals surface area contributed by atoms with Crippen molar-refractivity contribution in [3.8, 4) is 0 Å². The van der Waals surface area contributed by atoms with E-state index in [1.807, 2.05) is 13.8 Å². The third kappa shape index (κ3) is 8.57. The normalized spacial score (nSPS) is 11.7. The summed E-state index contributed by atoms with van der Waals surface area (Å²) < 4.78 is 10.4. The summed E-state index contributed by atoms with van der Waals surface area (Å²) in [5, 5.41) is 7.86. The smallest absolute Gasteiger partial charge is 0.407 e. The average molecular weight is 418 g/mol. The molecule has 1 heterocycles. The highest BCUT2D eigenvalue weighted by atomic mass is 79.9. The van der Waals surface area contributed by atoms with E-state index in [-0.39, 0.29) is 37.4 Å². The summed E-state index contributed by atoms with van der Waals surface area (Å²) in [6, 6.07) is 2.84. The van der Waals surface area contributed by atoms with Gasteiger partial charge in [-0.25, -0.2) is 4.79 Å². The van der Waals surface area contributed by atoms with E-state index in [0.717, 1.165) is 0 Å². The molecule has 1 unspecified atom stereocenters. The Hall–Kier alpha value is -2.03. The fourth-order valence-electron chi connectivity index (χ4n) is 2.09. The average Bonchev–Trinajstić information content (AvgIpc) is 2.96. The highest BCUT2D eigenvalue weighted by molar-refractivity contribution is 9.10. The largest absolute Gasteiger partial charge is 0.450 e. The summed E-state index contributed by atoms with van der Waals surface area (Å²) in [6.45, 7) is 6.09. The zero-order valence-electron chi connectivity index (χ0n) is 14.6. The third-order valence-corrected chi connectivity index (χ3v) is 3.53. The molecule has 1 rings (SSSR count). The number of halogens is 1. The van der Waals surface area contributed by atoms with Crippen molar-refractivity contribution < 1.29 is 23.5 Å². The maximum Gasteiger partial charge on any atom is 0.407 e. The molecule has 0 bridgehead atoms. The van der Waals surface area contributed by atoms with Crippen LogP contribution in [0.5, 0.6) is 0 Å². The minimum Gasteiger partial charge on any atom is -0.450 e. The molecule has 0 saturated carbocycles. The molecule has 1 atom stereocenters. The Morgan fingerprint density at radius 1 is 1.24 bits per heavy atom. The number of carbonyl (C=O) groups excluding carboxylic acids is 3. The van der Waals surface area contributed by atoms with Gasteiger partial charge in [-0.3, -0.25) is 9.59 Å². The van der Waals surface area contributed by atoms with Gasteiger partial charge >= 0.3 is 6.09 Å². The molecule has 140 valence electrons. The van der Waals surface area contributed by atoms with Crippen molar-refractivity contribution in [3.05, 3.63) is 22.6 Å². The van der Waals surface area contributed by atoms with Crippen LogP contribution in [-0.2, 0) is 9.53 Å². The molecular weight excluding hydrogens is 394 g/mol. The number of carbonyl (C=O) groups is 3. The number of hydrogen-bond acceptors (Lipinski definition) is 5. The number of ether oxygens (including phenoxy) is 1. The molecule has 0 aliphatic heterocycles. The van der Waals surface area contributed by atoms with Crippen LogP contribution in [0.25, 0.3) is 0 Å². The fourth-order valence-corrected chi connectivity index (χ4v) is 2.39. The van der Waals surface area contributed by atoms with E-state index in [0.29, 0.717) is 17.0 Å². The molecule has 1 aromatic heterocycles. The summed E-state index contributed by atoms with van der Waals surface area (Å²) in [7, 11) is 0. The van der Waals surface area contributed by atoms with Crippen LogP contribution in [0.15, 0.2) is 21.2 Å². The van der Waals surface area contributed by atoms with Crippen molar-refractivity contribution in [2.24, 2.45) is 5.92 Å². The summed E-state index contributed by atoms with van der Waals surface area (Å²) in [5.74, 6) is -0.398. The lowest BCUT2D eigenvalue weighted by atomic mass is 10.0. The first kappa shape index (κ1) is 21.0. The summed E-state index contributed by atoms with van der Waals surface area (Å²) >= 11 is 3.10.